The number of carbonyl (C=O) groups excluding carboxylic acids is 2. The average molecular weight is 321 g/mol. The molecule has 0 saturated heterocycles. The van der Waals surface area contributed by atoms with E-state index in [2.05, 4.69) is 0 Å². The van der Waals surface area contributed by atoms with E-state index in [1.807, 2.05) is 6.92 Å². The maximum atomic E-state index is 12.1. The summed E-state index contributed by atoms with van der Waals surface area (Å²) in [7, 11) is 0. The SMILES string of the molecule is CCCOc1ccc(C(=O)CCC(=O)N(CC)CC(=O)O)cc1. The van der Waals surface area contributed by atoms with Crippen LogP contribution < -0.4 is 4.74 Å². The fourth-order valence-corrected chi connectivity index (χ4v) is 2.02. The molecule has 0 aliphatic heterocycles. The maximum absolute atomic E-state index is 12.1. The molecule has 6 heteroatoms. The van der Waals surface area contributed by atoms with Crippen LogP contribution in [0.5, 0.6) is 5.75 Å². The van der Waals surface area contributed by atoms with Crippen LogP contribution in [0, 0.1) is 0 Å². The number of aliphatic carboxylic acids is 1. The zero-order valence-corrected chi connectivity index (χ0v) is 13.6. The maximum Gasteiger partial charge on any atom is 0.323 e. The van der Waals surface area contributed by atoms with Crippen LogP contribution in [0.4, 0.5) is 0 Å². The van der Waals surface area contributed by atoms with E-state index in [0.29, 0.717) is 24.5 Å². The number of benzene rings is 1. The van der Waals surface area contributed by atoms with Gasteiger partial charge < -0.3 is 14.7 Å². The van der Waals surface area contributed by atoms with Gasteiger partial charge in [-0.3, -0.25) is 14.4 Å². The van der Waals surface area contributed by atoms with Crippen molar-refractivity contribution in [3.05, 3.63) is 29.8 Å². The number of hydrogen-bond acceptors (Lipinski definition) is 4. The predicted molar refractivity (Wildman–Crippen MR) is 85.7 cm³/mol. The van der Waals surface area contributed by atoms with Crippen LogP contribution in [0.15, 0.2) is 24.3 Å². The number of ether oxygens (including phenoxy) is 1. The van der Waals surface area contributed by atoms with Gasteiger partial charge in [0, 0.05) is 24.9 Å². The quantitative estimate of drug-likeness (QED) is 0.669. The molecule has 0 radical (unpaired) electrons. The Balaban J connectivity index is 2.52. The number of Topliss-reactive ketones (excluding diaryl/α,β-unsaturated/α-hetero) is 1. The van der Waals surface area contributed by atoms with Crippen molar-refractivity contribution in [1.82, 2.24) is 4.90 Å². The van der Waals surface area contributed by atoms with E-state index in [1.165, 1.54) is 4.90 Å². The number of amides is 1. The Morgan fingerprint density at radius 1 is 1.09 bits per heavy atom. The van der Waals surface area contributed by atoms with E-state index >= 15 is 0 Å². The van der Waals surface area contributed by atoms with Gasteiger partial charge in [-0.15, -0.1) is 0 Å². The van der Waals surface area contributed by atoms with Crippen molar-refractivity contribution < 1.29 is 24.2 Å². The minimum atomic E-state index is -1.06. The lowest BCUT2D eigenvalue weighted by Gasteiger charge is -2.18. The molecule has 1 rings (SSSR count). The molecule has 1 aromatic rings. The monoisotopic (exact) mass is 321 g/mol. The van der Waals surface area contributed by atoms with Crippen LogP contribution in [0.2, 0.25) is 0 Å². The van der Waals surface area contributed by atoms with Crippen molar-refractivity contribution in [3.8, 4) is 5.75 Å². The van der Waals surface area contributed by atoms with Gasteiger partial charge in [-0.25, -0.2) is 0 Å². The minimum Gasteiger partial charge on any atom is -0.494 e. The lowest BCUT2D eigenvalue weighted by Crippen LogP contribution is -2.35. The number of nitrogens with zero attached hydrogens (tertiary/aromatic N) is 1. The second kappa shape index (κ2) is 9.61. The smallest absolute Gasteiger partial charge is 0.323 e. The lowest BCUT2D eigenvalue weighted by atomic mass is 10.1. The summed E-state index contributed by atoms with van der Waals surface area (Å²) in [6.07, 6.45) is 0.977. The molecule has 0 heterocycles. The van der Waals surface area contributed by atoms with Crippen molar-refractivity contribution in [3.63, 3.8) is 0 Å². The zero-order valence-electron chi connectivity index (χ0n) is 13.6. The van der Waals surface area contributed by atoms with Crippen LogP contribution in [-0.4, -0.2) is 47.4 Å². The number of carboxylic acid groups (broad SMARTS) is 1. The highest BCUT2D eigenvalue weighted by atomic mass is 16.5. The molecule has 0 bridgehead atoms. The van der Waals surface area contributed by atoms with E-state index in [9.17, 15) is 14.4 Å². The van der Waals surface area contributed by atoms with Gasteiger partial charge in [0.15, 0.2) is 5.78 Å². The largest absolute Gasteiger partial charge is 0.494 e. The first-order chi connectivity index (χ1) is 11.0. The molecule has 23 heavy (non-hydrogen) atoms. The third kappa shape index (κ3) is 6.50. The summed E-state index contributed by atoms with van der Waals surface area (Å²) in [6, 6.07) is 6.81. The van der Waals surface area contributed by atoms with Crippen molar-refractivity contribution in [1.29, 1.82) is 0 Å². The van der Waals surface area contributed by atoms with Crippen LogP contribution in [-0.2, 0) is 9.59 Å². The van der Waals surface area contributed by atoms with E-state index in [0.717, 1.165) is 6.42 Å². The molecule has 126 valence electrons. The second-order valence-electron chi connectivity index (χ2n) is 5.10. The summed E-state index contributed by atoms with van der Waals surface area (Å²) in [6.45, 7) is 4.31. The predicted octanol–water partition coefficient (Wildman–Crippen LogP) is 2.37. The van der Waals surface area contributed by atoms with E-state index in [4.69, 9.17) is 9.84 Å². The van der Waals surface area contributed by atoms with Crippen LogP contribution in [0.25, 0.3) is 0 Å². The van der Waals surface area contributed by atoms with E-state index < -0.39 is 5.97 Å². The third-order valence-corrected chi connectivity index (χ3v) is 3.28. The number of carboxylic acids is 1. The lowest BCUT2D eigenvalue weighted by molar-refractivity contribution is -0.144. The molecule has 0 saturated carbocycles. The Bertz CT molecular complexity index is 538. The molecule has 6 nitrogen and oxygen atoms in total. The van der Waals surface area contributed by atoms with Crippen molar-refractivity contribution in [2.45, 2.75) is 33.1 Å². The first-order valence-corrected chi connectivity index (χ1v) is 7.73. The van der Waals surface area contributed by atoms with Gasteiger partial charge in [-0.05, 0) is 37.6 Å². The van der Waals surface area contributed by atoms with E-state index in [-0.39, 0.29) is 31.1 Å². The van der Waals surface area contributed by atoms with Crippen molar-refractivity contribution in [2.75, 3.05) is 19.7 Å². The number of rotatable bonds is 10. The number of likely N-dealkylation sites (N-methyl/N-ethyl adjacent to an activating group) is 1. The van der Waals surface area contributed by atoms with E-state index in [1.54, 1.807) is 31.2 Å². The number of ketones is 1. The molecule has 0 aromatic heterocycles. The van der Waals surface area contributed by atoms with Gasteiger partial charge in [0.25, 0.3) is 0 Å². The van der Waals surface area contributed by atoms with Gasteiger partial charge >= 0.3 is 5.97 Å². The molecule has 0 aliphatic carbocycles. The molecule has 1 amide bonds. The molecular formula is C17H23NO5. The van der Waals surface area contributed by atoms with Gasteiger partial charge in [0.2, 0.25) is 5.91 Å². The van der Waals surface area contributed by atoms with Crippen LogP contribution >= 0.6 is 0 Å². The van der Waals surface area contributed by atoms with Crippen LogP contribution in [0.3, 0.4) is 0 Å². The third-order valence-electron chi connectivity index (χ3n) is 3.28. The molecule has 0 unspecified atom stereocenters. The Morgan fingerprint density at radius 3 is 2.26 bits per heavy atom. The molecule has 1 aromatic carbocycles. The summed E-state index contributed by atoms with van der Waals surface area (Å²) >= 11 is 0. The van der Waals surface area contributed by atoms with Gasteiger partial charge in [0.1, 0.15) is 12.3 Å². The Morgan fingerprint density at radius 2 is 1.74 bits per heavy atom. The minimum absolute atomic E-state index is 0.00798. The standard InChI is InChI=1S/C17H23NO5/c1-3-11-23-14-7-5-13(6-8-14)15(19)9-10-16(20)18(4-2)12-17(21)22/h5-8H,3-4,9-12H2,1-2H3,(H,21,22). The zero-order chi connectivity index (χ0) is 17.2. The normalized spacial score (nSPS) is 10.2. The highest BCUT2D eigenvalue weighted by Gasteiger charge is 2.16. The Labute approximate surface area is 136 Å². The van der Waals surface area contributed by atoms with Gasteiger partial charge in [-0.1, -0.05) is 6.92 Å². The average Bonchev–Trinajstić information content (AvgIpc) is 2.55. The summed E-state index contributed by atoms with van der Waals surface area (Å²) < 4.78 is 5.44. The molecule has 1 N–H and O–H groups in total. The highest BCUT2D eigenvalue weighted by molar-refractivity contribution is 5.98. The van der Waals surface area contributed by atoms with Crippen molar-refractivity contribution >= 4 is 17.7 Å². The number of hydrogen-bond donors (Lipinski definition) is 1. The van der Waals surface area contributed by atoms with Crippen molar-refractivity contribution in [2.24, 2.45) is 0 Å². The Kier molecular flexibility index (Phi) is 7.80. The summed E-state index contributed by atoms with van der Waals surface area (Å²) in [4.78, 5) is 35.9. The fourth-order valence-electron chi connectivity index (χ4n) is 2.02. The summed E-state index contributed by atoms with van der Waals surface area (Å²) in [5, 5.41) is 8.73. The first-order valence-electron chi connectivity index (χ1n) is 7.73. The first kappa shape index (κ1) is 18.7. The fraction of sp³-hybridized carbons (Fsp3) is 0.471. The second-order valence-corrected chi connectivity index (χ2v) is 5.10. The molecule has 0 spiro atoms. The summed E-state index contributed by atoms with van der Waals surface area (Å²) in [5.74, 6) is -0.829. The van der Waals surface area contributed by atoms with Gasteiger partial charge in [-0.2, -0.15) is 0 Å². The molecule has 0 aliphatic rings. The summed E-state index contributed by atoms with van der Waals surface area (Å²) in [5.41, 5.74) is 0.517. The topological polar surface area (TPSA) is 83.9 Å². The molecular weight excluding hydrogens is 298 g/mol. The number of carbonyl (C=O) groups is 3. The molecule has 0 fully saturated rings. The molecule has 0 atom stereocenters. The van der Waals surface area contributed by atoms with Gasteiger partial charge in [0.05, 0.1) is 6.61 Å². The van der Waals surface area contributed by atoms with Crippen LogP contribution in [0.1, 0.15) is 43.5 Å². The Hall–Kier alpha value is -2.37. The highest BCUT2D eigenvalue weighted by Crippen LogP contribution is 2.14.